The molecule has 110 valence electrons. The molecule has 0 N–H and O–H groups in total. The van der Waals surface area contributed by atoms with E-state index >= 15 is 0 Å². The van der Waals surface area contributed by atoms with Gasteiger partial charge in [-0.25, -0.2) is 4.79 Å². The number of rotatable bonds is 1. The highest BCUT2D eigenvalue weighted by Gasteiger charge is 2.28. The van der Waals surface area contributed by atoms with Gasteiger partial charge >= 0.3 is 6.03 Å². The fourth-order valence-electron chi connectivity index (χ4n) is 2.97. The average molecular weight is 278 g/mol. The molecule has 2 aliphatic rings. The van der Waals surface area contributed by atoms with Gasteiger partial charge in [-0.1, -0.05) is 0 Å². The zero-order chi connectivity index (χ0) is 13.9. The number of amides is 2. The molecule has 1 aromatic rings. The van der Waals surface area contributed by atoms with Crippen molar-refractivity contribution in [2.24, 2.45) is 7.05 Å². The van der Waals surface area contributed by atoms with Crippen LogP contribution in [-0.2, 0) is 11.8 Å². The van der Waals surface area contributed by atoms with E-state index in [2.05, 4.69) is 11.2 Å². The molecule has 0 aliphatic carbocycles. The fraction of sp³-hybridized carbons (Fsp3) is 0.714. The molecule has 0 unspecified atom stereocenters. The molecule has 3 rings (SSSR count). The molecule has 1 aromatic heterocycles. The van der Waals surface area contributed by atoms with Gasteiger partial charge in [0.2, 0.25) is 0 Å². The first kappa shape index (κ1) is 13.4. The van der Waals surface area contributed by atoms with Crippen LogP contribution in [0.1, 0.15) is 24.5 Å². The predicted octanol–water partition coefficient (Wildman–Crippen LogP) is 1.05. The minimum Gasteiger partial charge on any atom is -0.378 e. The Morgan fingerprint density at radius 2 is 1.85 bits per heavy atom. The first-order valence-electron chi connectivity index (χ1n) is 7.35. The van der Waals surface area contributed by atoms with E-state index in [-0.39, 0.29) is 6.03 Å². The first-order chi connectivity index (χ1) is 9.74. The van der Waals surface area contributed by atoms with Crippen LogP contribution in [0.2, 0.25) is 0 Å². The molecule has 2 fully saturated rings. The summed E-state index contributed by atoms with van der Waals surface area (Å²) in [5.41, 5.74) is 1.16. The van der Waals surface area contributed by atoms with Gasteiger partial charge in [0.15, 0.2) is 0 Å². The zero-order valence-corrected chi connectivity index (χ0v) is 12.0. The molecule has 0 saturated carbocycles. The van der Waals surface area contributed by atoms with Gasteiger partial charge in [0, 0.05) is 45.3 Å². The molecule has 2 amide bonds. The molecule has 2 saturated heterocycles. The maximum absolute atomic E-state index is 12.4. The maximum atomic E-state index is 12.4. The number of aryl methyl sites for hydroxylation is 1. The van der Waals surface area contributed by atoms with Gasteiger partial charge in [-0.05, 0) is 18.9 Å². The van der Waals surface area contributed by atoms with Crippen molar-refractivity contribution in [1.82, 2.24) is 19.6 Å². The highest BCUT2D eigenvalue weighted by atomic mass is 16.5. The number of urea groups is 1. The summed E-state index contributed by atoms with van der Waals surface area (Å²) in [5, 5.41) is 4.48. The molecule has 0 spiro atoms. The Kier molecular flexibility index (Phi) is 3.91. The Balaban J connectivity index is 1.54. The summed E-state index contributed by atoms with van der Waals surface area (Å²) in [7, 11) is 1.95. The van der Waals surface area contributed by atoms with Crippen molar-refractivity contribution in [2.75, 3.05) is 39.4 Å². The van der Waals surface area contributed by atoms with Crippen LogP contribution >= 0.6 is 0 Å². The predicted molar refractivity (Wildman–Crippen MR) is 74.5 cm³/mol. The van der Waals surface area contributed by atoms with Gasteiger partial charge in [-0.2, -0.15) is 5.10 Å². The monoisotopic (exact) mass is 278 g/mol. The third-order valence-corrected chi connectivity index (χ3v) is 4.20. The van der Waals surface area contributed by atoms with Crippen LogP contribution in [-0.4, -0.2) is 65.0 Å². The quantitative estimate of drug-likeness (QED) is 0.771. The molecule has 3 heterocycles. The second kappa shape index (κ2) is 5.83. The molecule has 6 heteroatoms. The van der Waals surface area contributed by atoms with Crippen molar-refractivity contribution in [3.05, 3.63) is 18.0 Å². The van der Waals surface area contributed by atoms with Gasteiger partial charge < -0.3 is 14.5 Å². The van der Waals surface area contributed by atoms with E-state index < -0.39 is 0 Å². The third-order valence-electron chi connectivity index (χ3n) is 4.20. The fourth-order valence-corrected chi connectivity index (χ4v) is 2.97. The molecular formula is C14H22N4O2. The second-order valence-corrected chi connectivity index (χ2v) is 5.56. The van der Waals surface area contributed by atoms with E-state index in [0.717, 1.165) is 44.7 Å². The van der Waals surface area contributed by atoms with Crippen molar-refractivity contribution in [2.45, 2.75) is 18.8 Å². The maximum Gasteiger partial charge on any atom is 0.320 e. The number of aromatic nitrogens is 2. The lowest BCUT2D eigenvalue weighted by Crippen LogP contribution is -2.50. The Labute approximate surface area is 119 Å². The van der Waals surface area contributed by atoms with Crippen LogP contribution in [0, 0.1) is 0 Å². The first-order valence-corrected chi connectivity index (χ1v) is 7.35. The number of nitrogens with zero attached hydrogens (tertiary/aromatic N) is 4. The second-order valence-electron chi connectivity index (χ2n) is 5.56. The molecule has 0 bridgehead atoms. The third kappa shape index (κ3) is 2.80. The SMILES string of the molecule is Cn1ccc(C2CCN(C(=O)N3CCOCC3)CC2)n1. The van der Waals surface area contributed by atoms with Crippen LogP contribution in [0.15, 0.2) is 12.3 Å². The van der Waals surface area contributed by atoms with Crippen molar-refractivity contribution in [1.29, 1.82) is 0 Å². The van der Waals surface area contributed by atoms with E-state index in [9.17, 15) is 4.79 Å². The van der Waals surface area contributed by atoms with Gasteiger partial charge in [-0.3, -0.25) is 4.68 Å². The number of hydrogen-bond acceptors (Lipinski definition) is 3. The summed E-state index contributed by atoms with van der Waals surface area (Å²) >= 11 is 0. The Hall–Kier alpha value is -1.56. The number of likely N-dealkylation sites (tertiary alicyclic amines) is 1. The Morgan fingerprint density at radius 1 is 1.20 bits per heavy atom. The zero-order valence-electron chi connectivity index (χ0n) is 12.0. The van der Waals surface area contributed by atoms with Crippen LogP contribution < -0.4 is 0 Å². The Morgan fingerprint density at radius 3 is 2.45 bits per heavy atom. The van der Waals surface area contributed by atoms with Crippen LogP contribution in [0.5, 0.6) is 0 Å². The van der Waals surface area contributed by atoms with Crippen LogP contribution in [0.3, 0.4) is 0 Å². The van der Waals surface area contributed by atoms with Crippen LogP contribution in [0.25, 0.3) is 0 Å². The smallest absolute Gasteiger partial charge is 0.320 e. The van der Waals surface area contributed by atoms with Crippen molar-refractivity contribution in [3.63, 3.8) is 0 Å². The van der Waals surface area contributed by atoms with Gasteiger partial charge in [0.25, 0.3) is 0 Å². The van der Waals surface area contributed by atoms with Gasteiger partial charge in [0.05, 0.1) is 18.9 Å². The number of morpholine rings is 1. The summed E-state index contributed by atoms with van der Waals surface area (Å²) < 4.78 is 7.14. The highest BCUT2D eigenvalue weighted by molar-refractivity contribution is 5.74. The molecular weight excluding hydrogens is 256 g/mol. The Bertz CT molecular complexity index is 459. The summed E-state index contributed by atoms with van der Waals surface area (Å²) in [6, 6.07) is 2.26. The average Bonchev–Trinajstić information content (AvgIpc) is 2.94. The number of ether oxygens (including phenoxy) is 1. The normalized spacial score (nSPS) is 21.2. The van der Waals surface area contributed by atoms with Gasteiger partial charge in [0.1, 0.15) is 0 Å². The highest BCUT2D eigenvalue weighted by Crippen LogP contribution is 2.27. The molecule has 20 heavy (non-hydrogen) atoms. The summed E-state index contributed by atoms with van der Waals surface area (Å²) in [5.74, 6) is 0.491. The summed E-state index contributed by atoms with van der Waals surface area (Å²) in [4.78, 5) is 16.3. The lowest BCUT2D eigenvalue weighted by atomic mass is 9.94. The number of carbonyl (C=O) groups excluding carboxylic acids is 1. The van der Waals surface area contributed by atoms with E-state index in [1.165, 1.54) is 0 Å². The summed E-state index contributed by atoms with van der Waals surface area (Å²) in [6.45, 7) is 4.43. The molecule has 0 atom stereocenters. The van der Waals surface area contributed by atoms with Gasteiger partial charge in [-0.15, -0.1) is 0 Å². The topological polar surface area (TPSA) is 50.6 Å². The minimum atomic E-state index is 0.174. The molecule has 0 radical (unpaired) electrons. The molecule has 2 aliphatic heterocycles. The van der Waals surface area contributed by atoms with E-state index in [4.69, 9.17) is 4.74 Å². The lowest BCUT2D eigenvalue weighted by molar-refractivity contribution is 0.0411. The van der Waals surface area contributed by atoms with E-state index in [0.29, 0.717) is 19.1 Å². The number of carbonyl (C=O) groups is 1. The van der Waals surface area contributed by atoms with E-state index in [1.54, 1.807) is 0 Å². The largest absolute Gasteiger partial charge is 0.378 e. The standard InChI is InChI=1S/C14H22N4O2/c1-16-5-4-13(15-16)12-2-6-17(7-3-12)14(19)18-8-10-20-11-9-18/h4-5,12H,2-3,6-11H2,1H3. The molecule has 0 aromatic carbocycles. The lowest BCUT2D eigenvalue weighted by Gasteiger charge is -2.36. The minimum absolute atomic E-state index is 0.174. The number of hydrogen-bond donors (Lipinski definition) is 0. The number of piperidine rings is 1. The van der Waals surface area contributed by atoms with Crippen molar-refractivity contribution >= 4 is 6.03 Å². The van der Waals surface area contributed by atoms with Crippen molar-refractivity contribution in [3.8, 4) is 0 Å². The molecule has 6 nitrogen and oxygen atoms in total. The summed E-state index contributed by atoms with van der Waals surface area (Å²) in [6.07, 6.45) is 4.00. The van der Waals surface area contributed by atoms with E-state index in [1.807, 2.05) is 27.7 Å². The van der Waals surface area contributed by atoms with Crippen molar-refractivity contribution < 1.29 is 9.53 Å². The van der Waals surface area contributed by atoms with Crippen LogP contribution in [0.4, 0.5) is 4.79 Å².